The summed E-state index contributed by atoms with van der Waals surface area (Å²) in [5.41, 5.74) is 7.55. The Morgan fingerprint density at radius 3 is 1.41 bits per heavy atom. The number of benzene rings is 10. The lowest BCUT2D eigenvalue weighted by atomic mass is 9.85. The highest BCUT2D eigenvalue weighted by Crippen LogP contribution is 2.47. The minimum atomic E-state index is 1.23. The first kappa shape index (κ1) is 30.2. The summed E-state index contributed by atoms with van der Waals surface area (Å²) >= 11 is 3.80. The van der Waals surface area contributed by atoms with Gasteiger partial charge in [-0.3, -0.25) is 0 Å². The summed E-state index contributed by atoms with van der Waals surface area (Å²) in [7, 11) is 0. The quantitative estimate of drug-likeness (QED) is 0.160. The first-order valence-corrected chi connectivity index (χ1v) is 20.1. The van der Waals surface area contributed by atoms with Gasteiger partial charge < -0.3 is 0 Å². The number of rotatable bonds is 3. The van der Waals surface area contributed by atoms with E-state index in [1.165, 1.54) is 117 Å². The smallest absolute Gasteiger partial charge is 0.0362 e. The van der Waals surface area contributed by atoms with E-state index in [0.717, 1.165) is 0 Å². The molecule has 0 aliphatic carbocycles. The number of hydrogen-bond donors (Lipinski definition) is 0. The Bertz CT molecular complexity index is 3430. The molecule has 250 valence electrons. The van der Waals surface area contributed by atoms with E-state index in [2.05, 4.69) is 182 Å². The molecular formula is C52H30S2. The van der Waals surface area contributed by atoms with E-state index in [1.54, 1.807) is 0 Å². The van der Waals surface area contributed by atoms with Crippen LogP contribution in [0.25, 0.3) is 117 Å². The lowest BCUT2D eigenvalue weighted by Crippen LogP contribution is -1.91. The maximum Gasteiger partial charge on any atom is 0.0362 e. The highest BCUT2D eigenvalue weighted by Gasteiger charge is 2.18. The number of fused-ring (bicyclic) bond motifs is 12. The SMILES string of the molecule is c1ccc2cc(-c3c4ccccc4c(-c4ccc(-c5ccc6c(c5)sc5ccc7ccc8sc9ccccc9c8c7c56)cc4)c4ccccc34)ccc2c1. The summed E-state index contributed by atoms with van der Waals surface area (Å²) in [6.45, 7) is 0. The van der Waals surface area contributed by atoms with Crippen molar-refractivity contribution in [2.75, 3.05) is 0 Å². The monoisotopic (exact) mass is 718 g/mol. The summed E-state index contributed by atoms with van der Waals surface area (Å²) < 4.78 is 5.39. The van der Waals surface area contributed by atoms with E-state index in [0.29, 0.717) is 0 Å². The summed E-state index contributed by atoms with van der Waals surface area (Å²) in [4.78, 5) is 0. The Kier molecular flexibility index (Phi) is 6.48. The van der Waals surface area contributed by atoms with Crippen molar-refractivity contribution in [2.45, 2.75) is 0 Å². The van der Waals surface area contributed by atoms with Gasteiger partial charge >= 0.3 is 0 Å². The first-order valence-electron chi connectivity index (χ1n) is 18.5. The van der Waals surface area contributed by atoms with E-state index < -0.39 is 0 Å². The van der Waals surface area contributed by atoms with Crippen LogP contribution in [0.5, 0.6) is 0 Å². The van der Waals surface area contributed by atoms with Crippen molar-refractivity contribution < 1.29 is 0 Å². The van der Waals surface area contributed by atoms with E-state index in [4.69, 9.17) is 0 Å². The van der Waals surface area contributed by atoms with Crippen LogP contribution in [0.4, 0.5) is 0 Å². The minimum Gasteiger partial charge on any atom is -0.135 e. The molecule has 0 nitrogen and oxygen atoms in total. The van der Waals surface area contributed by atoms with Crippen molar-refractivity contribution in [3.05, 3.63) is 182 Å². The molecule has 0 unspecified atom stereocenters. The van der Waals surface area contributed by atoms with Gasteiger partial charge in [-0.15, -0.1) is 22.7 Å². The van der Waals surface area contributed by atoms with Gasteiger partial charge in [0.2, 0.25) is 0 Å². The van der Waals surface area contributed by atoms with Gasteiger partial charge in [-0.25, -0.2) is 0 Å². The Morgan fingerprint density at radius 1 is 0.241 bits per heavy atom. The van der Waals surface area contributed by atoms with Crippen molar-refractivity contribution in [2.24, 2.45) is 0 Å². The second-order valence-electron chi connectivity index (χ2n) is 14.4. The Balaban J connectivity index is 1.00. The second kappa shape index (κ2) is 11.6. The van der Waals surface area contributed by atoms with Crippen LogP contribution in [0, 0.1) is 0 Å². The van der Waals surface area contributed by atoms with E-state index in [9.17, 15) is 0 Å². The molecule has 54 heavy (non-hydrogen) atoms. The lowest BCUT2D eigenvalue weighted by molar-refractivity contribution is 1.63. The molecule has 0 fully saturated rings. The third kappa shape index (κ3) is 4.42. The summed E-state index contributed by atoms with van der Waals surface area (Å²) in [5.74, 6) is 0. The highest BCUT2D eigenvalue weighted by molar-refractivity contribution is 7.27. The largest absolute Gasteiger partial charge is 0.135 e. The molecule has 12 aromatic rings. The van der Waals surface area contributed by atoms with Crippen LogP contribution < -0.4 is 0 Å². The van der Waals surface area contributed by atoms with Crippen molar-refractivity contribution in [3.8, 4) is 33.4 Å². The Hall–Kier alpha value is -6.32. The molecule has 10 aromatic carbocycles. The molecule has 0 N–H and O–H groups in total. The van der Waals surface area contributed by atoms with Crippen LogP contribution in [-0.4, -0.2) is 0 Å². The zero-order valence-electron chi connectivity index (χ0n) is 29.1. The molecular weight excluding hydrogens is 689 g/mol. The predicted molar refractivity (Wildman–Crippen MR) is 239 cm³/mol. The molecule has 0 amide bonds. The average molecular weight is 719 g/mol. The van der Waals surface area contributed by atoms with Crippen LogP contribution >= 0.6 is 22.7 Å². The molecule has 0 atom stereocenters. The third-order valence-electron chi connectivity index (χ3n) is 11.4. The van der Waals surface area contributed by atoms with Crippen LogP contribution in [0.2, 0.25) is 0 Å². The molecule has 0 saturated heterocycles. The number of hydrogen-bond acceptors (Lipinski definition) is 2. The van der Waals surface area contributed by atoms with Gasteiger partial charge in [-0.05, 0) is 101 Å². The van der Waals surface area contributed by atoms with Crippen molar-refractivity contribution in [1.29, 1.82) is 0 Å². The zero-order chi connectivity index (χ0) is 35.3. The van der Waals surface area contributed by atoms with Crippen LogP contribution in [0.15, 0.2) is 182 Å². The Morgan fingerprint density at radius 2 is 0.722 bits per heavy atom. The van der Waals surface area contributed by atoms with Gasteiger partial charge in [0.25, 0.3) is 0 Å². The predicted octanol–water partition coefficient (Wildman–Crippen LogP) is 16.0. The fraction of sp³-hybridized carbons (Fsp3) is 0. The van der Waals surface area contributed by atoms with Gasteiger partial charge in [0.15, 0.2) is 0 Å². The fourth-order valence-corrected chi connectivity index (χ4v) is 11.3. The van der Waals surface area contributed by atoms with Gasteiger partial charge in [0, 0.05) is 45.7 Å². The van der Waals surface area contributed by atoms with Crippen LogP contribution in [0.3, 0.4) is 0 Å². The third-order valence-corrected chi connectivity index (χ3v) is 13.7. The molecule has 0 aliphatic rings. The first-order chi connectivity index (χ1) is 26.8. The summed E-state index contributed by atoms with van der Waals surface area (Å²) in [6.07, 6.45) is 0. The zero-order valence-corrected chi connectivity index (χ0v) is 30.8. The minimum absolute atomic E-state index is 1.23. The van der Waals surface area contributed by atoms with E-state index in [-0.39, 0.29) is 0 Å². The maximum absolute atomic E-state index is 2.40. The van der Waals surface area contributed by atoms with Crippen LogP contribution in [-0.2, 0) is 0 Å². The second-order valence-corrected chi connectivity index (χ2v) is 16.5. The molecule has 0 saturated carbocycles. The van der Waals surface area contributed by atoms with Gasteiger partial charge in [-0.2, -0.15) is 0 Å². The van der Waals surface area contributed by atoms with E-state index in [1.807, 2.05) is 22.7 Å². The lowest BCUT2D eigenvalue weighted by Gasteiger charge is -2.18. The maximum atomic E-state index is 2.40. The molecule has 0 aliphatic heterocycles. The normalized spacial score (nSPS) is 12.1. The van der Waals surface area contributed by atoms with Crippen LogP contribution in [0.1, 0.15) is 0 Å². The molecule has 0 spiro atoms. The standard InChI is InChI=1S/C52H30S2/c1-2-10-35-29-37(22-19-31(35)9-1)49-40-13-5-3-11-38(40)48(39-12-4-6-14-41(39)49)33-20-17-32(18-21-33)36-23-26-43-47(30-36)54-46-28-25-34-24-27-45-51(50(34)52(43)46)42-15-7-8-16-44(42)53-45/h1-30H. The van der Waals surface area contributed by atoms with Gasteiger partial charge in [0.05, 0.1) is 0 Å². The number of thiophene rings is 2. The topological polar surface area (TPSA) is 0 Å². The summed E-state index contributed by atoms with van der Waals surface area (Å²) in [6, 6.07) is 67.8. The highest BCUT2D eigenvalue weighted by atomic mass is 32.1. The Labute approximate surface area is 319 Å². The molecule has 2 heterocycles. The molecule has 2 heteroatoms. The van der Waals surface area contributed by atoms with Crippen molar-refractivity contribution >= 4 is 106 Å². The molecule has 2 aromatic heterocycles. The molecule has 0 radical (unpaired) electrons. The molecule has 0 bridgehead atoms. The molecule has 12 rings (SSSR count). The van der Waals surface area contributed by atoms with Crippen molar-refractivity contribution in [1.82, 2.24) is 0 Å². The van der Waals surface area contributed by atoms with Gasteiger partial charge in [0.1, 0.15) is 0 Å². The average Bonchev–Trinajstić information content (AvgIpc) is 3.81. The van der Waals surface area contributed by atoms with Gasteiger partial charge in [-0.1, -0.05) is 152 Å². The van der Waals surface area contributed by atoms with Crippen molar-refractivity contribution in [3.63, 3.8) is 0 Å². The van der Waals surface area contributed by atoms with E-state index >= 15 is 0 Å². The summed E-state index contributed by atoms with van der Waals surface area (Å²) in [5, 5.41) is 15.8. The fourth-order valence-electron chi connectivity index (χ4n) is 9.00.